The first-order valence-corrected chi connectivity index (χ1v) is 7.45. The van der Waals surface area contributed by atoms with E-state index in [2.05, 4.69) is 0 Å². The van der Waals surface area contributed by atoms with Crippen molar-refractivity contribution in [2.45, 2.75) is 33.5 Å². The van der Waals surface area contributed by atoms with Crippen LogP contribution in [-0.4, -0.2) is 25.4 Å². The second-order valence-corrected chi connectivity index (χ2v) is 8.86. The molecule has 1 N–H and O–H groups in total. The lowest BCUT2D eigenvalue weighted by Crippen LogP contribution is -2.41. The fourth-order valence-electron chi connectivity index (χ4n) is 0.493. The highest BCUT2D eigenvalue weighted by atomic mass is 28.4. The number of hydrogen-bond acceptors (Lipinski definition) is 3. The summed E-state index contributed by atoms with van der Waals surface area (Å²) in [5.41, 5.74) is -1.44. The van der Waals surface area contributed by atoms with E-state index in [4.69, 9.17) is 9.53 Å². The number of rotatable bonds is 3. The number of carboxylic acid groups (broad SMARTS) is 1. The third kappa shape index (κ3) is 3.58. The third-order valence-corrected chi connectivity index (χ3v) is 2.24. The maximum Gasteiger partial charge on any atom is 0.320 e. The molecule has 13 heavy (non-hydrogen) atoms. The maximum atomic E-state index is 11.4. The van der Waals surface area contributed by atoms with E-state index in [1.807, 2.05) is 19.6 Å². The Hall–Kier alpha value is -0.843. The molecule has 76 valence electrons. The van der Waals surface area contributed by atoms with Crippen LogP contribution in [0.15, 0.2) is 0 Å². The number of carbonyl (C=O) groups is 2. The van der Waals surface area contributed by atoms with Gasteiger partial charge in [-0.1, -0.05) is 0 Å². The average Bonchev–Trinajstić information content (AvgIpc) is 1.82. The highest BCUT2D eigenvalue weighted by Crippen LogP contribution is 2.20. The molecule has 0 bridgehead atoms. The third-order valence-electron chi connectivity index (χ3n) is 1.44. The van der Waals surface area contributed by atoms with Gasteiger partial charge >= 0.3 is 11.9 Å². The van der Waals surface area contributed by atoms with Gasteiger partial charge in [-0.15, -0.1) is 0 Å². The molecule has 0 aliphatic heterocycles. The Bertz CT molecular complexity index is 227. The fourth-order valence-corrected chi connectivity index (χ4v) is 1.30. The highest BCUT2D eigenvalue weighted by Gasteiger charge is 2.39. The summed E-state index contributed by atoms with van der Waals surface area (Å²) in [5, 5.41) is 8.72. The smallest absolute Gasteiger partial charge is 0.320 e. The van der Waals surface area contributed by atoms with Gasteiger partial charge < -0.3 is 9.53 Å². The maximum absolute atomic E-state index is 11.4. The van der Waals surface area contributed by atoms with Crippen LogP contribution < -0.4 is 0 Å². The lowest BCUT2D eigenvalue weighted by atomic mass is 9.95. The van der Waals surface area contributed by atoms with Gasteiger partial charge in [-0.3, -0.25) is 9.59 Å². The molecule has 4 nitrogen and oxygen atoms in total. The minimum absolute atomic E-state index is 0.654. The van der Waals surface area contributed by atoms with Crippen molar-refractivity contribution in [1.82, 2.24) is 0 Å². The number of hydrogen-bond donors (Lipinski definition) is 1. The van der Waals surface area contributed by atoms with E-state index in [1.165, 1.54) is 13.8 Å². The summed E-state index contributed by atoms with van der Waals surface area (Å²) in [6, 6.07) is 0. The van der Waals surface area contributed by atoms with Gasteiger partial charge in [0.05, 0.1) is 0 Å². The summed E-state index contributed by atoms with van der Waals surface area (Å²) in [4.78, 5) is 22.0. The summed E-state index contributed by atoms with van der Waals surface area (Å²) < 4.78 is 5.08. The van der Waals surface area contributed by atoms with Crippen molar-refractivity contribution in [2.75, 3.05) is 0 Å². The zero-order chi connectivity index (χ0) is 10.9. The Kier molecular flexibility index (Phi) is 3.26. The number of carbonyl (C=O) groups excluding carboxylic acids is 1. The molecule has 0 unspecified atom stereocenters. The van der Waals surface area contributed by atoms with Crippen molar-refractivity contribution < 1.29 is 19.1 Å². The Balaban J connectivity index is 4.53. The van der Waals surface area contributed by atoms with Crippen LogP contribution in [-0.2, 0) is 14.0 Å². The van der Waals surface area contributed by atoms with E-state index in [0.717, 1.165) is 0 Å². The summed E-state index contributed by atoms with van der Waals surface area (Å²) in [7, 11) is -1.99. The van der Waals surface area contributed by atoms with E-state index in [1.54, 1.807) is 0 Å². The van der Waals surface area contributed by atoms with Crippen LogP contribution >= 0.6 is 0 Å². The summed E-state index contributed by atoms with van der Waals surface area (Å²) >= 11 is 0. The molecule has 0 rings (SSSR count). The van der Waals surface area contributed by atoms with Crippen LogP contribution in [0.25, 0.3) is 0 Å². The molecular formula is C8H16O4Si. The van der Waals surface area contributed by atoms with Crippen molar-refractivity contribution in [1.29, 1.82) is 0 Å². The molecule has 0 atom stereocenters. The SMILES string of the molecule is CC(C)(C(=O)O)C(=O)O[Si](C)(C)C. The van der Waals surface area contributed by atoms with Crippen LogP contribution in [0.5, 0.6) is 0 Å². The topological polar surface area (TPSA) is 63.6 Å². The molecule has 0 radical (unpaired) electrons. The molecular weight excluding hydrogens is 188 g/mol. The summed E-state index contributed by atoms with van der Waals surface area (Å²) in [5.74, 6) is -1.81. The standard InChI is InChI=1S/C8H16O4Si/c1-8(2,6(9)10)7(11)12-13(3,4)5/h1-5H3,(H,9,10). The second-order valence-electron chi connectivity index (χ2n) is 4.43. The average molecular weight is 204 g/mol. The largest absolute Gasteiger partial charge is 0.519 e. The lowest BCUT2D eigenvalue weighted by molar-refractivity contribution is -0.160. The van der Waals surface area contributed by atoms with Crippen LogP contribution in [0.2, 0.25) is 19.6 Å². The Morgan fingerprint density at radius 1 is 1.23 bits per heavy atom. The first-order valence-electron chi connectivity index (χ1n) is 4.04. The molecule has 0 fully saturated rings. The summed E-state index contributed by atoms with van der Waals surface area (Å²) in [6.07, 6.45) is 0. The van der Waals surface area contributed by atoms with Gasteiger partial charge in [-0.2, -0.15) is 0 Å². The fraction of sp³-hybridized carbons (Fsp3) is 0.750. The minimum atomic E-state index is -1.99. The normalized spacial score (nSPS) is 12.4. The van der Waals surface area contributed by atoms with Gasteiger partial charge in [0.25, 0.3) is 0 Å². The minimum Gasteiger partial charge on any atom is -0.519 e. The first kappa shape index (κ1) is 12.2. The first-order chi connectivity index (χ1) is 5.57. The lowest BCUT2D eigenvalue weighted by Gasteiger charge is -2.24. The van der Waals surface area contributed by atoms with Crippen LogP contribution in [0, 0.1) is 5.41 Å². The molecule has 5 heteroatoms. The van der Waals surface area contributed by atoms with Crippen LogP contribution in [0.4, 0.5) is 0 Å². The van der Waals surface area contributed by atoms with Crippen molar-refractivity contribution in [2.24, 2.45) is 5.41 Å². The Labute approximate surface area is 79.0 Å². The van der Waals surface area contributed by atoms with Crippen molar-refractivity contribution in [3.8, 4) is 0 Å². The van der Waals surface area contributed by atoms with E-state index in [0.29, 0.717) is 0 Å². The molecule has 0 aromatic carbocycles. The van der Waals surface area contributed by atoms with Gasteiger partial charge in [0.1, 0.15) is 0 Å². The van der Waals surface area contributed by atoms with Gasteiger partial charge in [-0.05, 0) is 33.5 Å². The van der Waals surface area contributed by atoms with Gasteiger partial charge in [0.15, 0.2) is 5.41 Å². The molecule has 0 amide bonds. The van der Waals surface area contributed by atoms with Crippen LogP contribution in [0.3, 0.4) is 0 Å². The quantitative estimate of drug-likeness (QED) is 0.558. The van der Waals surface area contributed by atoms with Crippen LogP contribution in [0.1, 0.15) is 13.8 Å². The highest BCUT2D eigenvalue weighted by molar-refractivity contribution is 6.71. The Morgan fingerprint density at radius 2 is 1.62 bits per heavy atom. The number of aliphatic carboxylic acids is 1. The summed E-state index contributed by atoms with van der Waals surface area (Å²) in [6.45, 7) is 8.20. The van der Waals surface area contributed by atoms with E-state index in [9.17, 15) is 9.59 Å². The predicted molar refractivity (Wildman–Crippen MR) is 50.9 cm³/mol. The molecule has 0 heterocycles. The molecule has 0 spiro atoms. The van der Waals surface area contributed by atoms with E-state index < -0.39 is 25.7 Å². The number of carboxylic acids is 1. The Morgan fingerprint density at radius 3 is 1.85 bits per heavy atom. The van der Waals surface area contributed by atoms with E-state index in [-0.39, 0.29) is 0 Å². The zero-order valence-electron chi connectivity index (χ0n) is 8.67. The van der Waals surface area contributed by atoms with Crippen molar-refractivity contribution >= 4 is 20.3 Å². The predicted octanol–water partition coefficient (Wildman–Crippen LogP) is 1.48. The molecule has 0 aliphatic carbocycles. The molecule has 0 aromatic rings. The monoisotopic (exact) mass is 204 g/mol. The van der Waals surface area contributed by atoms with Gasteiger partial charge in [0, 0.05) is 0 Å². The zero-order valence-corrected chi connectivity index (χ0v) is 9.67. The second kappa shape index (κ2) is 3.49. The van der Waals surface area contributed by atoms with Gasteiger partial charge in [-0.25, -0.2) is 0 Å². The van der Waals surface area contributed by atoms with Crippen molar-refractivity contribution in [3.63, 3.8) is 0 Å². The van der Waals surface area contributed by atoms with Gasteiger partial charge in [0.2, 0.25) is 8.32 Å². The van der Waals surface area contributed by atoms with Crippen molar-refractivity contribution in [3.05, 3.63) is 0 Å². The molecule has 0 saturated carbocycles. The van der Waals surface area contributed by atoms with E-state index >= 15 is 0 Å². The molecule has 0 aliphatic rings. The molecule has 0 aromatic heterocycles. The molecule has 0 saturated heterocycles.